The summed E-state index contributed by atoms with van der Waals surface area (Å²) in [5.41, 5.74) is 0. The lowest BCUT2D eigenvalue weighted by Gasteiger charge is -2.24. The summed E-state index contributed by atoms with van der Waals surface area (Å²) in [6.07, 6.45) is 10.2. The monoisotopic (exact) mass is 398 g/mol. The first-order chi connectivity index (χ1) is 13.2. The third kappa shape index (κ3) is 12.7. The minimum absolute atomic E-state index is 0.136. The van der Waals surface area contributed by atoms with Crippen LogP contribution in [0.25, 0.3) is 0 Å². The zero-order chi connectivity index (χ0) is 21.5. The van der Waals surface area contributed by atoms with Crippen molar-refractivity contribution in [1.82, 2.24) is 10.6 Å². The molecule has 0 aromatic heterocycles. The second-order valence-electron chi connectivity index (χ2n) is 8.54. The van der Waals surface area contributed by atoms with Crippen molar-refractivity contribution in [1.29, 1.82) is 0 Å². The first-order valence-corrected chi connectivity index (χ1v) is 11.0. The van der Waals surface area contributed by atoms with E-state index in [2.05, 4.69) is 17.6 Å². The minimum Gasteiger partial charge on any atom is -0.480 e. The Kier molecular flexibility index (Phi) is 14.5. The number of hydrogen-bond acceptors (Lipinski definition) is 3. The third-order valence-electron chi connectivity index (χ3n) is 4.85. The summed E-state index contributed by atoms with van der Waals surface area (Å²) in [7, 11) is 0. The van der Waals surface area contributed by atoms with E-state index < -0.39 is 24.0 Å². The van der Waals surface area contributed by atoms with E-state index >= 15 is 0 Å². The van der Waals surface area contributed by atoms with Gasteiger partial charge in [-0.25, -0.2) is 4.79 Å². The van der Waals surface area contributed by atoms with Gasteiger partial charge in [0.2, 0.25) is 11.8 Å². The maximum Gasteiger partial charge on any atom is 0.326 e. The summed E-state index contributed by atoms with van der Waals surface area (Å²) in [5.74, 6) is -1.63. The highest BCUT2D eigenvalue weighted by atomic mass is 16.4. The molecule has 0 unspecified atom stereocenters. The van der Waals surface area contributed by atoms with E-state index in [1.807, 2.05) is 13.8 Å². The number of aliphatic carboxylic acids is 1. The van der Waals surface area contributed by atoms with Crippen LogP contribution in [0.1, 0.15) is 98.8 Å². The van der Waals surface area contributed by atoms with E-state index in [4.69, 9.17) is 0 Å². The van der Waals surface area contributed by atoms with Crippen LogP contribution in [0.4, 0.5) is 0 Å². The van der Waals surface area contributed by atoms with Crippen LogP contribution in [0, 0.1) is 11.8 Å². The van der Waals surface area contributed by atoms with Crippen LogP contribution in [0.5, 0.6) is 0 Å². The summed E-state index contributed by atoms with van der Waals surface area (Å²) in [4.78, 5) is 36.1. The molecule has 0 saturated carbocycles. The molecule has 2 amide bonds. The topological polar surface area (TPSA) is 95.5 Å². The molecular weight excluding hydrogens is 356 g/mol. The van der Waals surface area contributed by atoms with Crippen molar-refractivity contribution >= 4 is 17.8 Å². The summed E-state index contributed by atoms with van der Waals surface area (Å²) < 4.78 is 0. The highest BCUT2D eigenvalue weighted by molar-refractivity contribution is 5.90. The highest BCUT2D eigenvalue weighted by Gasteiger charge is 2.28. The van der Waals surface area contributed by atoms with Gasteiger partial charge in [-0.2, -0.15) is 0 Å². The van der Waals surface area contributed by atoms with Crippen molar-refractivity contribution in [3.05, 3.63) is 0 Å². The van der Waals surface area contributed by atoms with Gasteiger partial charge in [-0.05, 0) is 24.7 Å². The van der Waals surface area contributed by atoms with Gasteiger partial charge in [0.05, 0.1) is 0 Å². The number of amides is 2. The van der Waals surface area contributed by atoms with E-state index in [1.165, 1.54) is 32.1 Å². The van der Waals surface area contributed by atoms with Crippen molar-refractivity contribution in [2.24, 2.45) is 11.8 Å². The maximum absolute atomic E-state index is 12.5. The predicted octanol–water partition coefficient (Wildman–Crippen LogP) is 4.27. The Balaban J connectivity index is 4.40. The Hall–Kier alpha value is -1.59. The zero-order valence-electron chi connectivity index (χ0n) is 18.6. The molecule has 0 saturated heterocycles. The largest absolute Gasteiger partial charge is 0.480 e. The normalized spacial score (nSPS) is 13.4. The number of hydrogen-bond donors (Lipinski definition) is 3. The molecule has 0 aromatic carbocycles. The van der Waals surface area contributed by atoms with Crippen molar-refractivity contribution < 1.29 is 19.5 Å². The van der Waals surface area contributed by atoms with Crippen molar-refractivity contribution in [2.45, 2.75) is 111 Å². The summed E-state index contributed by atoms with van der Waals surface area (Å²) in [6, 6.07) is -1.64. The van der Waals surface area contributed by atoms with Crippen LogP contribution in [-0.2, 0) is 14.4 Å². The molecule has 0 aliphatic rings. The molecule has 6 nitrogen and oxygen atoms in total. The van der Waals surface area contributed by atoms with Crippen LogP contribution in [-0.4, -0.2) is 35.0 Å². The molecule has 6 heteroatoms. The van der Waals surface area contributed by atoms with Gasteiger partial charge in [-0.3, -0.25) is 9.59 Å². The fraction of sp³-hybridized carbons (Fsp3) is 0.864. The molecule has 0 fully saturated rings. The van der Waals surface area contributed by atoms with Gasteiger partial charge in [0.15, 0.2) is 0 Å². The summed E-state index contributed by atoms with van der Waals surface area (Å²) in [6.45, 7) is 9.65. The Morgan fingerprint density at radius 3 is 1.82 bits per heavy atom. The fourth-order valence-electron chi connectivity index (χ4n) is 3.16. The number of carbonyl (C=O) groups is 3. The molecule has 0 spiro atoms. The van der Waals surface area contributed by atoms with Crippen molar-refractivity contribution in [3.8, 4) is 0 Å². The van der Waals surface area contributed by atoms with Crippen LogP contribution >= 0.6 is 0 Å². The van der Waals surface area contributed by atoms with E-state index in [9.17, 15) is 19.5 Å². The van der Waals surface area contributed by atoms with Crippen LogP contribution in [0.2, 0.25) is 0 Å². The van der Waals surface area contributed by atoms with Crippen molar-refractivity contribution in [2.75, 3.05) is 0 Å². The molecule has 0 bridgehead atoms. The Morgan fingerprint density at radius 2 is 1.36 bits per heavy atom. The lowest BCUT2D eigenvalue weighted by Crippen LogP contribution is -2.53. The summed E-state index contributed by atoms with van der Waals surface area (Å²) in [5, 5.41) is 14.7. The average Bonchev–Trinajstić information content (AvgIpc) is 2.60. The van der Waals surface area contributed by atoms with E-state index in [0.717, 1.165) is 19.3 Å². The zero-order valence-corrected chi connectivity index (χ0v) is 18.6. The second kappa shape index (κ2) is 15.3. The Bertz CT molecular complexity index is 463. The lowest BCUT2D eigenvalue weighted by molar-refractivity contribution is -0.143. The van der Waals surface area contributed by atoms with Gasteiger partial charge in [-0.15, -0.1) is 0 Å². The standard InChI is InChI=1S/C22H42N2O4/c1-6-7-8-9-10-11-12-13-14-19(25)23-18(15-16(2)3)21(26)24-20(17(4)5)22(27)28/h16-18,20H,6-15H2,1-5H3,(H,23,25)(H,24,26)(H,27,28)/t18-,20-/m0/s1. The molecule has 2 atom stereocenters. The van der Waals surface area contributed by atoms with E-state index in [0.29, 0.717) is 12.8 Å². The number of carboxylic acid groups (broad SMARTS) is 1. The third-order valence-corrected chi connectivity index (χ3v) is 4.85. The van der Waals surface area contributed by atoms with E-state index in [1.54, 1.807) is 13.8 Å². The first kappa shape index (κ1) is 26.4. The van der Waals surface area contributed by atoms with Gasteiger partial charge in [0, 0.05) is 6.42 Å². The quantitative estimate of drug-likeness (QED) is 0.338. The van der Waals surface area contributed by atoms with Gasteiger partial charge < -0.3 is 15.7 Å². The van der Waals surface area contributed by atoms with Gasteiger partial charge >= 0.3 is 5.97 Å². The smallest absolute Gasteiger partial charge is 0.326 e. The molecule has 3 N–H and O–H groups in total. The highest BCUT2D eigenvalue weighted by Crippen LogP contribution is 2.11. The average molecular weight is 399 g/mol. The van der Waals surface area contributed by atoms with Crippen molar-refractivity contribution in [3.63, 3.8) is 0 Å². The molecule has 0 rings (SSSR count). The number of carbonyl (C=O) groups excluding carboxylic acids is 2. The second-order valence-corrected chi connectivity index (χ2v) is 8.54. The molecule has 0 radical (unpaired) electrons. The fourth-order valence-corrected chi connectivity index (χ4v) is 3.16. The molecule has 0 aliphatic carbocycles. The van der Waals surface area contributed by atoms with E-state index in [-0.39, 0.29) is 17.7 Å². The maximum atomic E-state index is 12.5. The molecule has 0 heterocycles. The molecular formula is C22H42N2O4. The Morgan fingerprint density at radius 1 is 0.821 bits per heavy atom. The SMILES string of the molecule is CCCCCCCCCCC(=O)N[C@@H](CC(C)C)C(=O)N[C@H](C(=O)O)C(C)C. The molecule has 0 aromatic rings. The first-order valence-electron chi connectivity index (χ1n) is 11.0. The Labute approximate surface area is 171 Å². The van der Waals surface area contributed by atoms with Gasteiger partial charge in [-0.1, -0.05) is 79.6 Å². The van der Waals surface area contributed by atoms with Crippen LogP contribution in [0.15, 0.2) is 0 Å². The van der Waals surface area contributed by atoms with Crippen LogP contribution in [0.3, 0.4) is 0 Å². The number of carboxylic acids is 1. The van der Waals surface area contributed by atoms with Gasteiger partial charge in [0.1, 0.15) is 12.1 Å². The predicted molar refractivity (Wildman–Crippen MR) is 113 cm³/mol. The number of unbranched alkanes of at least 4 members (excludes halogenated alkanes) is 7. The molecule has 28 heavy (non-hydrogen) atoms. The van der Waals surface area contributed by atoms with Gasteiger partial charge in [0.25, 0.3) is 0 Å². The summed E-state index contributed by atoms with van der Waals surface area (Å²) >= 11 is 0. The minimum atomic E-state index is -1.06. The number of rotatable bonds is 16. The lowest BCUT2D eigenvalue weighted by atomic mass is 10.00. The van der Waals surface area contributed by atoms with Crippen LogP contribution < -0.4 is 10.6 Å². The molecule has 164 valence electrons. The molecule has 0 aliphatic heterocycles. The number of nitrogens with one attached hydrogen (secondary N) is 2.